The molecule has 2 fully saturated rings. The van der Waals surface area contributed by atoms with E-state index >= 15 is 0 Å². The zero-order chi connectivity index (χ0) is 16.7. The van der Waals surface area contributed by atoms with E-state index in [-0.39, 0.29) is 19.0 Å². The van der Waals surface area contributed by atoms with Crippen molar-refractivity contribution in [2.45, 2.75) is 12.8 Å². The topological polar surface area (TPSA) is 104 Å². The van der Waals surface area contributed by atoms with Gasteiger partial charge in [-0.25, -0.2) is 22.7 Å². The smallest absolute Gasteiger partial charge is 0.311 e. The Morgan fingerprint density at radius 1 is 1.35 bits per heavy atom. The fourth-order valence-corrected chi connectivity index (χ4v) is 4.54. The van der Waals surface area contributed by atoms with Gasteiger partial charge in [-0.1, -0.05) is 0 Å². The number of carboxylic acid groups (broad SMARTS) is 1. The van der Waals surface area contributed by atoms with Crippen LogP contribution in [-0.4, -0.2) is 66.2 Å². The summed E-state index contributed by atoms with van der Waals surface area (Å²) in [4.78, 5) is 22.4. The van der Waals surface area contributed by atoms with E-state index in [1.165, 1.54) is 4.31 Å². The number of carbonyl (C=O) groups is 1. The number of hydrogen-bond donors (Lipinski definition) is 1. The maximum Gasteiger partial charge on any atom is 0.311 e. The zero-order valence-electron chi connectivity index (χ0n) is 12.9. The van der Waals surface area contributed by atoms with Gasteiger partial charge in [0.2, 0.25) is 16.0 Å². The molecule has 0 bridgehead atoms. The molecule has 1 N–H and O–H groups in total. The summed E-state index contributed by atoms with van der Waals surface area (Å²) in [6.45, 7) is 1.40. The number of fused-ring (bicyclic) bond motifs is 1. The van der Waals surface area contributed by atoms with Gasteiger partial charge >= 0.3 is 5.97 Å². The first-order valence-electron chi connectivity index (χ1n) is 7.53. The second kappa shape index (κ2) is 5.72. The van der Waals surface area contributed by atoms with E-state index in [2.05, 4.69) is 9.97 Å². The molecular weight excluding hydrogens is 320 g/mol. The van der Waals surface area contributed by atoms with Crippen molar-refractivity contribution in [2.75, 3.05) is 37.3 Å². The van der Waals surface area contributed by atoms with Crippen LogP contribution in [-0.2, 0) is 14.8 Å². The van der Waals surface area contributed by atoms with Crippen molar-refractivity contribution in [3.63, 3.8) is 0 Å². The third kappa shape index (κ3) is 2.90. The van der Waals surface area contributed by atoms with Crippen LogP contribution < -0.4 is 4.90 Å². The molecule has 0 saturated carbocycles. The number of nitrogens with zero attached hydrogens (tertiary/aromatic N) is 4. The molecule has 1 aromatic rings. The Morgan fingerprint density at radius 3 is 2.65 bits per heavy atom. The van der Waals surface area contributed by atoms with Crippen LogP contribution in [0.5, 0.6) is 0 Å². The van der Waals surface area contributed by atoms with E-state index in [1.54, 1.807) is 18.5 Å². The molecule has 1 aromatic heterocycles. The van der Waals surface area contributed by atoms with E-state index in [9.17, 15) is 18.3 Å². The van der Waals surface area contributed by atoms with Crippen LogP contribution in [0.3, 0.4) is 0 Å². The molecule has 2 atom stereocenters. The molecule has 0 amide bonds. The summed E-state index contributed by atoms with van der Waals surface area (Å²) >= 11 is 0. The maximum atomic E-state index is 12.0. The lowest BCUT2D eigenvalue weighted by Gasteiger charge is -2.29. The lowest BCUT2D eigenvalue weighted by Crippen LogP contribution is -2.41. The van der Waals surface area contributed by atoms with Gasteiger partial charge in [0.25, 0.3) is 0 Å². The molecule has 2 aliphatic heterocycles. The van der Waals surface area contributed by atoms with Gasteiger partial charge in [0.15, 0.2) is 0 Å². The van der Waals surface area contributed by atoms with Crippen molar-refractivity contribution in [2.24, 2.45) is 11.3 Å². The molecule has 0 unspecified atom stereocenters. The van der Waals surface area contributed by atoms with E-state index in [0.717, 1.165) is 6.26 Å². The Morgan fingerprint density at radius 2 is 2.04 bits per heavy atom. The molecule has 2 aliphatic rings. The van der Waals surface area contributed by atoms with Crippen LogP contribution >= 0.6 is 0 Å². The highest BCUT2D eigenvalue weighted by Gasteiger charge is 2.55. The van der Waals surface area contributed by atoms with E-state index in [4.69, 9.17) is 0 Å². The van der Waals surface area contributed by atoms with Crippen molar-refractivity contribution in [3.8, 4) is 0 Å². The summed E-state index contributed by atoms with van der Waals surface area (Å²) in [5, 5.41) is 9.79. The molecule has 0 aliphatic carbocycles. The molecule has 9 heteroatoms. The summed E-state index contributed by atoms with van der Waals surface area (Å²) in [6.07, 6.45) is 5.55. The molecule has 3 heterocycles. The average Bonchev–Trinajstić information content (AvgIpc) is 2.78. The van der Waals surface area contributed by atoms with Crippen molar-refractivity contribution in [3.05, 3.63) is 18.5 Å². The van der Waals surface area contributed by atoms with Gasteiger partial charge in [-0.05, 0) is 18.9 Å². The third-order valence-electron chi connectivity index (χ3n) is 4.89. The number of hydrogen-bond acceptors (Lipinski definition) is 6. The molecule has 0 aromatic carbocycles. The quantitative estimate of drug-likeness (QED) is 0.828. The standard InChI is InChI=1S/C14H20N4O4S/c1-23(21,22)18-9-11-8-17(13-15-5-3-6-16-13)7-2-4-14(11,10-18)12(19)20/h3,5-6,11H,2,4,7-10H2,1H3,(H,19,20)/t11-,14-/m0/s1. The molecule has 23 heavy (non-hydrogen) atoms. The van der Waals surface area contributed by atoms with Crippen LogP contribution in [0.1, 0.15) is 12.8 Å². The average molecular weight is 340 g/mol. The molecule has 0 radical (unpaired) electrons. The van der Waals surface area contributed by atoms with Gasteiger partial charge in [-0.2, -0.15) is 0 Å². The summed E-state index contributed by atoms with van der Waals surface area (Å²) < 4.78 is 25.0. The third-order valence-corrected chi connectivity index (χ3v) is 6.10. The predicted octanol–water partition coefficient (Wildman–Crippen LogP) is 0.0392. The first-order valence-corrected chi connectivity index (χ1v) is 9.38. The van der Waals surface area contributed by atoms with E-state index in [0.29, 0.717) is 31.9 Å². The van der Waals surface area contributed by atoms with Gasteiger partial charge in [0.1, 0.15) is 0 Å². The Labute approximate surface area is 135 Å². The Bertz CT molecular complexity index is 696. The lowest BCUT2D eigenvalue weighted by molar-refractivity contribution is -0.150. The van der Waals surface area contributed by atoms with Crippen LogP contribution in [0.4, 0.5) is 5.95 Å². The first-order chi connectivity index (χ1) is 10.8. The highest BCUT2D eigenvalue weighted by Crippen LogP contribution is 2.44. The van der Waals surface area contributed by atoms with Gasteiger partial charge < -0.3 is 10.0 Å². The van der Waals surface area contributed by atoms with Crippen molar-refractivity contribution in [1.82, 2.24) is 14.3 Å². The van der Waals surface area contributed by atoms with Gasteiger partial charge in [-0.3, -0.25) is 4.79 Å². The van der Waals surface area contributed by atoms with Gasteiger partial charge in [0, 0.05) is 44.5 Å². The summed E-state index contributed by atoms with van der Waals surface area (Å²) in [7, 11) is -3.41. The molecule has 2 saturated heterocycles. The Hall–Kier alpha value is -1.74. The minimum atomic E-state index is -3.41. The van der Waals surface area contributed by atoms with E-state index in [1.807, 2.05) is 4.90 Å². The minimum absolute atomic E-state index is 0.0509. The lowest BCUT2D eigenvalue weighted by atomic mass is 9.75. The molecule has 126 valence electrons. The minimum Gasteiger partial charge on any atom is -0.481 e. The highest BCUT2D eigenvalue weighted by molar-refractivity contribution is 7.88. The van der Waals surface area contributed by atoms with E-state index < -0.39 is 21.4 Å². The number of carboxylic acids is 1. The fourth-order valence-electron chi connectivity index (χ4n) is 3.63. The van der Waals surface area contributed by atoms with Crippen molar-refractivity contribution < 1.29 is 18.3 Å². The molecular formula is C14H20N4O4S. The summed E-state index contributed by atoms with van der Waals surface area (Å²) in [6, 6.07) is 1.73. The zero-order valence-corrected chi connectivity index (χ0v) is 13.7. The second-order valence-corrected chi connectivity index (χ2v) is 8.29. The van der Waals surface area contributed by atoms with Crippen LogP contribution in [0.2, 0.25) is 0 Å². The van der Waals surface area contributed by atoms with Crippen LogP contribution in [0.25, 0.3) is 0 Å². The predicted molar refractivity (Wildman–Crippen MR) is 83.5 cm³/mol. The van der Waals surface area contributed by atoms with Gasteiger partial charge in [-0.15, -0.1) is 0 Å². The molecule has 3 rings (SSSR count). The number of anilines is 1. The summed E-state index contributed by atoms with van der Waals surface area (Å²) in [5.74, 6) is -0.628. The SMILES string of the molecule is CS(=O)(=O)N1C[C@@H]2CN(c3ncccn3)CCC[C@]2(C(=O)O)C1. The Balaban J connectivity index is 1.92. The normalized spacial score (nSPS) is 29.1. The summed E-state index contributed by atoms with van der Waals surface area (Å²) in [5.41, 5.74) is -1.02. The molecule has 8 nitrogen and oxygen atoms in total. The van der Waals surface area contributed by atoms with Crippen molar-refractivity contribution in [1.29, 1.82) is 0 Å². The number of sulfonamides is 1. The van der Waals surface area contributed by atoms with Gasteiger partial charge in [0.05, 0.1) is 11.7 Å². The monoisotopic (exact) mass is 340 g/mol. The largest absolute Gasteiger partial charge is 0.481 e. The first kappa shape index (κ1) is 16.1. The number of aromatic nitrogens is 2. The fraction of sp³-hybridized carbons (Fsp3) is 0.643. The maximum absolute atomic E-state index is 12.0. The Kier molecular flexibility index (Phi) is 4.01. The number of aliphatic carboxylic acids is 1. The highest BCUT2D eigenvalue weighted by atomic mass is 32.2. The van der Waals surface area contributed by atoms with Crippen LogP contribution in [0, 0.1) is 11.3 Å². The number of rotatable bonds is 3. The second-order valence-electron chi connectivity index (χ2n) is 6.31. The molecule has 0 spiro atoms. The van der Waals surface area contributed by atoms with Crippen molar-refractivity contribution >= 4 is 21.9 Å². The van der Waals surface area contributed by atoms with Crippen LogP contribution in [0.15, 0.2) is 18.5 Å².